The summed E-state index contributed by atoms with van der Waals surface area (Å²) in [7, 11) is -2.39. The molecule has 3 rings (SSSR count). The van der Waals surface area contributed by atoms with Gasteiger partial charge < -0.3 is 15.0 Å². The summed E-state index contributed by atoms with van der Waals surface area (Å²) in [5.41, 5.74) is 2.68. The predicted octanol–water partition coefficient (Wildman–Crippen LogP) is 2.69. The average Bonchev–Trinajstić information content (AvgIpc) is 2.76. The van der Waals surface area contributed by atoms with Crippen LogP contribution in [-0.4, -0.2) is 69.3 Å². The predicted molar refractivity (Wildman–Crippen MR) is 123 cm³/mol. The van der Waals surface area contributed by atoms with Crippen molar-refractivity contribution < 1.29 is 22.7 Å². The zero-order chi connectivity index (χ0) is 23.5. The Morgan fingerprint density at radius 2 is 1.75 bits per heavy atom. The van der Waals surface area contributed by atoms with Crippen LogP contribution in [0, 0.1) is 13.8 Å². The van der Waals surface area contributed by atoms with Crippen LogP contribution in [0.15, 0.2) is 41.3 Å². The second-order valence-electron chi connectivity index (χ2n) is 7.64. The Morgan fingerprint density at radius 3 is 2.38 bits per heavy atom. The van der Waals surface area contributed by atoms with Crippen LogP contribution in [0.2, 0.25) is 5.02 Å². The van der Waals surface area contributed by atoms with Crippen LogP contribution in [0.3, 0.4) is 0 Å². The molecule has 0 unspecified atom stereocenters. The van der Waals surface area contributed by atoms with Gasteiger partial charge in [0.05, 0.1) is 24.8 Å². The molecule has 10 heteroatoms. The highest BCUT2D eigenvalue weighted by atomic mass is 35.5. The highest BCUT2D eigenvalue weighted by Gasteiger charge is 2.29. The molecule has 2 aromatic rings. The Morgan fingerprint density at radius 1 is 1.12 bits per heavy atom. The fourth-order valence-corrected chi connectivity index (χ4v) is 5.37. The standard InChI is InChI=1S/C22H26ClN3O5S/c1-15-5-4-6-16(2)21(15)24-20(27)14-25(3)22(28)17-7-8-18(23)19(13-17)32(29,30)26-9-11-31-12-10-26/h4-8,13H,9-12,14H2,1-3H3,(H,24,27). The van der Waals surface area contributed by atoms with Crippen molar-refractivity contribution in [3.8, 4) is 0 Å². The number of hydrogen-bond acceptors (Lipinski definition) is 5. The number of morpholine rings is 1. The van der Waals surface area contributed by atoms with E-state index in [1.807, 2.05) is 32.0 Å². The van der Waals surface area contributed by atoms with Crippen molar-refractivity contribution in [2.24, 2.45) is 0 Å². The number of nitrogens with zero attached hydrogens (tertiary/aromatic N) is 2. The number of nitrogens with one attached hydrogen (secondary N) is 1. The van der Waals surface area contributed by atoms with Crippen LogP contribution in [0.1, 0.15) is 21.5 Å². The van der Waals surface area contributed by atoms with Gasteiger partial charge in [-0.2, -0.15) is 4.31 Å². The van der Waals surface area contributed by atoms with Crippen LogP contribution >= 0.6 is 11.6 Å². The van der Waals surface area contributed by atoms with E-state index in [2.05, 4.69) is 5.32 Å². The molecule has 1 aliphatic heterocycles. The van der Waals surface area contributed by atoms with Crippen LogP contribution in [0.5, 0.6) is 0 Å². The van der Waals surface area contributed by atoms with E-state index in [9.17, 15) is 18.0 Å². The first kappa shape index (κ1) is 24.2. The minimum absolute atomic E-state index is 0.0310. The van der Waals surface area contributed by atoms with Crippen molar-refractivity contribution in [1.29, 1.82) is 0 Å². The Kier molecular flexibility index (Phi) is 7.55. The summed E-state index contributed by atoms with van der Waals surface area (Å²) in [5.74, 6) is -0.842. The second-order valence-corrected chi connectivity index (χ2v) is 9.95. The topological polar surface area (TPSA) is 96.0 Å². The van der Waals surface area contributed by atoms with Gasteiger partial charge in [-0.25, -0.2) is 8.42 Å². The largest absolute Gasteiger partial charge is 0.379 e. The molecule has 0 saturated carbocycles. The molecule has 32 heavy (non-hydrogen) atoms. The molecule has 1 N–H and O–H groups in total. The van der Waals surface area contributed by atoms with Crippen molar-refractivity contribution >= 4 is 39.1 Å². The van der Waals surface area contributed by atoms with E-state index in [-0.39, 0.29) is 41.0 Å². The van der Waals surface area contributed by atoms with Gasteiger partial charge in [-0.3, -0.25) is 9.59 Å². The fourth-order valence-electron chi connectivity index (χ4n) is 3.46. The average molecular weight is 480 g/mol. The molecule has 0 spiro atoms. The van der Waals surface area contributed by atoms with E-state index in [0.717, 1.165) is 11.1 Å². The molecule has 0 bridgehead atoms. The number of benzene rings is 2. The van der Waals surface area contributed by atoms with Gasteiger partial charge in [-0.1, -0.05) is 29.8 Å². The number of likely N-dealkylation sites (N-methyl/N-ethyl adjacent to an activating group) is 1. The van der Waals surface area contributed by atoms with E-state index < -0.39 is 15.9 Å². The van der Waals surface area contributed by atoms with Crippen molar-refractivity contribution in [3.05, 3.63) is 58.1 Å². The van der Waals surface area contributed by atoms with Crippen molar-refractivity contribution in [2.45, 2.75) is 18.7 Å². The van der Waals surface area contributed by atoms with Gasteiger partial charge in [-0.05, 0) is 43.2 Å². The van der Waals surface area contributed by atoms with Gasteiger partial charge in [0.25, 0.3) is 5.91 Å². The maximum absolute atomic E-state index is 13.0. The molecule has 1 saturated heterocycles. The van der Waals surface area contributed by atoms with E-state index in [1.54, 1.807) is 0 Å². The van der Waals surface area contributed by atoms with Crippen LogP contribution in [-0.2, 0) is 19.6 Å². The molecule has 172 valence electrons. The first-order valence-corrected chi connectivity index (χ1v) is 11.9. The molecule has 8 nitrogen and oxygen atoms in total. The summed E-state index contributed by atoms with van der Waals surface area (Å²) in [6.45, 7) is 4.62. The first-order chi connectivity index (χ1) is 15.1. The van der Waals surface area contributed by atoms with E-state index in [1.165, 1.54) is 34.5 Å². The lowest BCUT2D eigenvalue weighted by Crippen LogP contribution is -2.40. The zero-order valence-electron chi connectivity index (χ0n) is 18.2. The first-order valence-electron chi connectivity index (χ1n) is 10.1. The number of aryl methyl sites for hydroxylation is 2. The highest BCUT2D eigenvalue weighted by molar-refractivity contribution is 7.89. The number of rotatable bonds is 6. The van der Waals surface area contributed by atoms with Crippen LogP contribution in [0.4, 0.5) is 5.69 Å². The van der Waals surface area contributed by atoms with Gasteiger partial charge in [-0.15, -0.1) is 0 Å². The van der Waals surface area contributed by atoms with Crippen molar-refractivity contribution in [3.63, 3.8) is 0 Å². The Hall–Kier alpha value is -2.46. The summed E-state index contributed by atoms with van der Waals surface area (Å²) < 4.78 is 32.5. The van der Waals surface area contributed by atoms with Crippen molar-refractivity contribution in [2.75, 3.05) is 45.2 Å². The fraction of sp³-hybridized carbons (Fsp3) is 0.364. The Bertz CT molecular complexity index is 1110. The number of para-hydroxylation sites is 1. The lowest BCUT2D eigenvalue weighted by Gasteiger charge is -2.26. The summed E-state index contributed by atoms with van der Waals surface area (Å²) in [6.07, 6.45) is 0. The maximum atomic E-state index is 13.0. The third-order valence-electron chi connectivity index (χ3n) is 5.24. The van der Waals surface area contributed by atoms with Gasteiger partial charge >= 0.3 is 0 Å². The molecule has 0 radical (unpaired) electrons. The number of sulfonamides is 1. The molecule has 2 amide bonds. The zero-order valence-corrected chi connectivity index (χ0v) is 19.8. The Labute approximate surface area is 193 Å². The summed E-state index contributed by atoms with van der Waals surface area (Å²) in [4.78, 5) is 26.5. The Balaban J connectivity index is 1.75. The van der Waals surface area contributed by atoms with E-state index in [4.69, 9.17) is 16.3 Å². The minimum Gasteiger partial charge on any atom is -0.379 e. The van der Waals surface area contributed by atoms with Gasteiger partial charge in [0.2, 0.25) is 15.9 Å². The van der Waals surface area contributed by atoms with Crippen molar-refractivity contribution in [1.82, 2.24) is 9.21 Å². The number of halogens is 1. The highest BCUT2D eigenvalue weighted by Crippen LogP contribution is 2.27. The van der Waals surface area contributed by atoms with Gasteiger partial charge in [0.15, 0.2) is 0 Å². The number of carbonyl (C=O) groups is 2. The molecule has 1 fully saturated rings. The number of anilines is 1. The molecule has 1 heterocycles. The number of ether oxygens (including phenoxy) is 1. The molecule has 0 atom stereocenters. The van der Waals surface area contributed by atoms with E-state index in [0.29, 0.717) is 18.9 Å². The second kappa shape index (κ2) is 9.99. The third kappa shape index (κ3) is 5.29. The lowest BCUT2D eigenvalue weighted by atomic mass is 10.1. The molecule has 1 aliphatic rings. The normalized spacial score (nSPS) is 14.8. The summed E-state index contributed by atoms with van der Waals surface area (Å²) in [6, 6.07) is 9.77. The summed E-state index contributed by atoms with van der Waals surface area (Å²) in [5, 5.41) is 2.87. The molecule has 2 aromatic carbocycles. The van der Waals surface area contributed by atoms with E-state index >= 15 is 0 Å². The SMILES string of the molecule is Cc1cccc(C)c1NC(=O)CN(C)C(=O)c1ccc(Cl)c(S(=O)(=O)N2CCOCC2)c1. The third-order valence-corrected chi connectivity index (χ3v) is 7.62. The van der Waals surface area contributed by atoms with Gasteiger partial charge in [0, 0.05) is 31.4 Å². The molecular formula is C22H26ClN3O5S. The quantitative estimate of drug-likeness (QED) is 0.687. The molecule has 0 aliphatic carbocycles. The number of hydrogen-bond donors (Lipinski definition) is 1. The maximum Gasteiger partial charge on any atom is 0.254 e. The van der Waals surface area contributed by atoms with Gasteiger partial charge in [0.1, 0.15) is 4.90 Å². The summed E-state index contributed by atoms with van der Waals surface area (Å²) >= 11 is 6.16. The monoisotopic (exact) mass is 479 g/mol. The lowest BCUT2D eigenvalue weighted by molar-refractivity contribution is -0.116. The smallest absolute Gasteiger partial charge is 0.254 e. The molecule has 0 aromatic heterocycles. The van der Waals surface area contributed by atoms with Crippen LogP contribution < -0.4 is 5.32 Å². The number of amides is 2. The molecular weight excluding hydrogens is 454 g/mol. The number of carbonyl (C=O) groups excluding carboxylic acids is 2. The van der Waals surface area contributed by atoms with Crippen LogP contribution in [0.25, 0.3) is 0 Å². The minimum atomic E-state index is -3.88.